The van der Waals surface area contributed by atoms with Gasteiger partial charge in [0.2, 0.25) is 0 Å². The molecule has 1 spiro atoms. The van der Waals surface area contributed by atoms with Crippen molar-refractivity contribution in [2.75, 3.05) is 4.90 Å². The lowest BCUT2D eigenvalue weighted by Crippen LogP contribution is -2.26. The van der Waals surface area contributed by atoms with Crippen molar-refractivity contribution in [2.24, 2.45) is 0 Å². The second-order valence-electron chi connectivity index (χ2n) is 16.8. The zero-order valence-corrected chi connectivity index (χ0v) is 34.5. The lowest BCUT2D eigenvalue weighted by Gasteiger charge is -2.32. The fourth-order valence-corrected chi connectivity index (χ4v) is 11.0. The Kier molecular flexibility index (Phi) is 7.85. The molecule has 10 aromatic carbocycles. The van der Waals surface area contributed by atoms with Crippen LogP contribution < -0.4 is 4.90 Å². The Morgan fingerprint density at radius 1 is 0.286 bits per heavy atom. The van der Waals surface area contributed by atoms with E-state index in [2.05, 4.69) is 252 Å². The molecule has 0 radical (unpaired) electrons. The minimum absolute atomic E-state index is 0.405. The zero-order chi connectivity index (χ0) is 41.5. The predicted molar refractivity (Wildman–Crippen MR) is 263 cm³/mol. The highest BCUT2D eigenvalue weighted by Crippen LogP contribution is 2.63. The van der Waals surface area contributed by atoms with Crippen molar-refractivity contribution in [1.82, 2.24) is 4.57 Å². The fraction of sp³-hybridized carbons (Fsp3) is 0.0164. The third-order valence-corrected chi connectivity index (χ3v) is 13.6. The quantitative estimate of drug-likeness (QED) is 0.163. The maximum absolute atomic E-state index is 2.46. The highest BCUT2D eigenvalue weighted by Gasteiger charge is 2.51. The molecule has 0 aliphatic heterocycles. The average molecular weight is 801 g/mol. The molecule has 0 bridgehead atoms. The third-order valence-electron chi connectivity index (χ3n) is 13.6. The summed E-state index contributed by atoms with van der Waals surface area (Å²) in [6.07, 6.45) is 0. The van der Waals surface area contributed by atoms with Gasteiger partial charge in [0.15, 0.2) is 0 Å². The number of fused-ring (bicyclic) bond motifs is 13. The van der Waals surface area contributed by atoms with Crippen LogP contribution in [-0.4, -0.2) is 4.57 Å². The van der Waals surface area contributed by atoms with E-state index in [1.807, 2.05) is 0 Å². The summed E-state index contributed by atoms with van der Waals surface area (Å²) in [5.74, 6) is 0. The van der Waals surface area contributed by atoms with Gasteiger partial charge in [-0.3, -0.25) is 0 Å². The van der Waals surface area contributed by atoms with E-state index in [-0.39, 0.29) is 0 Å². The molecule has 2 aliphatic rings. The number of hydrogen-bond acceptors (Lipinski definition) is 1. The summed E-state index contributed by atoms with van der Waals surface area (Å²) in [7, 11) is 0. The molecule has 294 valence electrons. The van der Waals surface area contributed by atoms with Crippen LogP contribution in [-0.2, 0) is 5.41 Å². The molecule has 0 N–H and O–H groups in total. The number of para-hydroxylation sites is 4. The predicted octanol–water partition coefficient (Wildman–Crippen LogP) is 15.9. The molecule has 2 aliphatic carbocycles. The standard InChI is InChI=1S/C61H40N2/c1-2-16-44(17-3-1)62(46-38-39-51-50-21-6-12-26-56(50)61(57(51)40-46)54-24-10-4-19-48(54)49-20-5-11-25-55(49)61)45-36-34-42(35-37-45)41-30-32-43(33-31-41)47-18-7-13-27-58(47)63-59-28-14-8-22-52(59)53-23-9-15-29-60(53)63/h1-40H. The van der Waals surface area contributed by atoms with Gasteiger partial charge in [-0.2, -0.15) is 0 Å². The molecule has 1 aromatic heterocycles. The van der Waals surface area contributed by atoms with Gasteiger partial charge in [0, 0.05) is 33.4 Å². The normalized spacial score (nSPS) is 12.9. The van der Waals surface area contributed by atoms with E-state index < -0.39 is 5.41 Å². The molecule has 0 unspecified atom stereocenters. The highest BCUT2D eigenvalue weighted by molar-refractivity contribution is 6.09. The minimum Gasteiger partial charge on any atom is -0.310 e. The van der Waals surface area contributed by atoms with E-state index in [1.54, 1.807) is 0 Å². The molecule has 0 fully saturated rings. The summed E-state index contributed by atoms with van der Waals surface area (Å²) in [6.45, 7) is 0. The molecule has 0 saturated heterocycles. The Bertz CT molecular complexity index is 3440. The van der Waals surface area contributed by atoms with Crippen molar-refractivity contribution >= 4 is 38.9 Å². The lowest BCUT2D eigenvalue weighted by molar-refractivity contribution is 0.793. The molecular weight excluding hydrogens is 761 g/mol. The van der Waals surface area contributed by atoms with Crippen LogP contribution in [0.3, 0.4) is 0 Å². The molecule has 0 amide bonds. The Balaban J connectivity index is 0.889. The van der Waals surface area contributed by atoms with Crippen LogP contribution in [0.1, 0.15) is 22.3 Å². The van der Waals surface area contributed by atoms with E-state index in [9.17, 15) is 0 Å². The third kappa shape index (κ3) is 5.19. The lowest BCUT2D eigenvalue weighted by atomic mass is 9.70. The first kappa shape index (κ1) is 35.5. The molecule has 0 saturated carbocycles. The van der Waals surface area contributed by atoms with Gasteiger partial charge in [-0.05, 0) is 116 Å². The second-order valence-corrected chi connectivity index (χ2v) is 16.8. The van der Waals surface area contributed by atoms with Crippen LogP contribution in [0, 0.1) is 0 Å². The summed E-state index contributed by atoms with van der Waals surface area (Å²) in [5, 5.41) is 2.53. The number of benzene rings is 10. The maximum Gasteiger partial charge on any atom is 0.0726 e. The molecule has 0 atom stereocenters. The second kappa shape index (κ2) is 13.9. The first-order valence-electron chi connectivity index (χ1n) is 21.8. The zero-order valence-electron chi connectivity index (χ0n) is 34.5. The van der Waals surface area contributed by atoms with Crippen molar-refractivity contribution in [1.29, 1.82) is 0 Å². The van der Waals surface area contributed by atoms with Gasteiger partial charge in [-0.25, -0.2) is 0 Å². The van der Waals surface area contributed by atoms with Crippen LogP contribution in [0.15, 0.2) is 243 Å². The SMILES string of the molecule is c1ccc(N(c2ccc(-c3ccc(-c4ccccc4-n4c5ccccc5c5ccccc54)cc3)cc2)c2ccc3c(c2)C2(c4ccccc4-c4ccccc42)c2ccccc2-3)cc1. The smallest absolute Gasteiger partial charge is 0.0726 e. The summed E-state index contributed by atoms with van der Waals surface area (Å²) < 4.78 is 2.41. The van der Waals surface area contributed by atoms with E-state index in [1.165, 1.54) is 94.3 Å². The van der Waals surface area contributed by atoms with Crippen LogP contribution in [0.4, 0.5) is 17.1 Å². The molecule has 1 heterocycles. The molecule has 2 nitrogen and oxygen atoms in total. The van der Waals surface area contributed by atoms with Crippen LogP contribution in [0.5, 0.6) is 0 Å². The topological polar surface area (TPSA) is 8.17 Å². The minimum atomic E-state index is -0.405. The molecule has 13 rings (SSSR count). The Labute approximate surface area is 367 Å². The van der Waals surface area contributed by atoms with Crippen molar-refractivity contribution in [3.05, 3.63) is 265 Å². The summed E-state index contributed by atoms with van der Waals surface area (Å²) in [4.78, 5) is 2.40. The van der Waals surface area contributed by atoms with Gasteiger partial charge >= 0.3 is 0 Å². The van der Waals surface area contributed by atoms with Gasteiger partial charge in [0.25, 0.3) is 0 Å². The molecule has 63 heavy (non-hydrogen) atoms. The molecule has 2 heteroatoms. The van der Waals surface area contributed by atoms with Gasteiger partial charge in [-0.1, -0.05) is 188 Å². The van der Waals surface area contributed by atoms with Gasteiger partial charge in [-0.15, -0.1) is 0 Å². The van der Waals surface area contributed by atoms with Crippen LogP contribution in [0.25, 0.3) is 72.0 Å². The van der Waals surface area contributed by atoms with E-state index in [0.29, 0.717) is 0 Å². The van der Waals surface area contributed by atoms with Crippen molar-refractivity contribution in [3.8, 4) is 50.2 Å². The number of nitrogens with zero attached hydrogens (tertiary/aromatic N) is 2. The summed E-state index contributed by atoms with van der Waals surface area (Å²) in [6, 6.07) is 89.3. The van der Waals surface area contributed by atoms with Gasteiger partial charge in [0.05, 0.1) is 22.1 Å². The average Bonchev–Trinajstić information content (AvgIpc) is 3.97. The fourth-order valence-electron chi connectivity index (χ4n) is 11.0. The Morgan fingerprint density at radius 3 is 1.29 bits per heavy atom. The number of anilines is 3. The first-order valence-corrected chi connectivity index (χ1v) is 21.8. The Morgan fingerprint density at radius 2 is 0.698 bits per heavy atom. The monoisotopic (exact) mass is 800 g/mol. The van der Waals surface area contributed by atoms with E-state index in [4.69, 9.17) is 0 Å². The summed E-state index contributed by atoms with van der Waals surface area (Å²) in [5.41, 5.74) is 21.9. The largest absolute Gasteiger partial charge is 0.310 e. The van der Waals surface area contributed by atoms with E-state index >= 15 is 0 Å². The maximum atomic E-state index is 2.46. The van der Waals surface area contributed by atoms with Crippen molar-refractivity contribution < 1.29 is 0 Å². The van der Waals surface area contributed by atoms with Crippen molar-refractivity contribution in [3.63, 3.8) is 0 Å². The number of rotatable bonds is 6. The van der Waals surface area contributed by atoms with E-state index in [0.717, 1.165) is 17.1 Å². The highest BCUT2D eigenvalue weighted by atomic mass is 15.1. The van der Waals surface area contributed by atoms with Crippen LogP contribution >= 0.6 is 0 Å². The van der Waals surface area contributed by atoms with Gasteiger partial charge < -0.3 is 9.47 Å². The number of hydrogen-bond donors (Lipinski definition) is 0. The van der Waals surface area contributed by atoms with Gasteiger partial charge in [0.1, 0.15) is 0 Å². The first-order chi connectivity index (χ1) is 31.3. The number of aromatic nitrogens is 1. The Hall–Kier alpha value is -8.20. The molecule has 11 aromatic rings. The summed E-state index contributed by atoms with van der Waals surface area (Å²) >= 11 is 0. The van der Waals surface area contributed by atoms with Crippen LogP contribution in [0.2, 0.25) is 0 Å². The van der Waals surface area contributed by atoms with Crippen molar-refractivity contribution in [2.45, 2.75) is 5.41 Å². The molecular formula is C61H40N2.